The molecule has 1 unspecified atom stereocenters. The number of fused-ring (bicyclic) bond motifs is 1. The third kappa shape index (κ3) is 3.81. The lowest BCUT2D eigenvalue weighted by Gasteiger charge is -2.31. The van der Waals surface area contributed by atoms with Gasteiger partial charge in [0.2, 0.25) is 0 Å². The number of hydrogen-bond donors (Lipinski definition) is 1. The Labute approximate surface area is 166 Å². The van der Waals surface area contributed by atoms with Crippen LogP contribution < -0.4 is 14.8 Å². The number of hydrogen-bond acceptors (Lipinski definition) is 5. The number of methoxy groups -OCH3 is 2. The summed E-state index contributed by atoms with van der Waals surface area (Å²) in [5.74, 6) is 1.62. The molecule has 1 aliphatic heterocycles. The van der Waals surface area contributed by atoms with Crippen LogP contribution in [0, 0.1) is 0 Å². The topological polar surface area (TPSA) is 46.6 Å². The molecular weight excluding hydrogens is 350 g/mol. The van der Waals surface area contributed by atoms with E-state index < -0.39 is 0 Å². The molecule has 1 aliphatic rings. The van der Waals surface area contributed by atoms with Crippen LogP contribution in [0.15, 0.2) is 54.6 Å². The zero-order valence-corrected chi connectivity index (χ0v) is 16.5. The van der Waals surface area contributed by atoms with Gasteiger partial charge in [-0.2, -0.15) is 0 Å². The maximum atomic E-state index is 5.75. The number of pyridine rings is 1. The quantitative estimate of drug-likeness (QED) is 0.736. The fourth-order valence-electron chi connectivity index (χ4n) is 3.95. The largest absolute Gasteiger partial charge is 0.497 e. The van der Waals surface area contributed by atoms with Crippen molar-refractivity contribution in [3.05, 3.63) is 65.9 Å². The SMILES string of the molecule is COc1ccc(C(c2ccc3ccccc3n2)N2CCCNCC2)c(OC)c1. The molecule has 5 heteroatoms. The Bertz CT molecular complexity index is 936. The lowest BCUT2D eigenvalue weighted by atomic mass is 9.98. The van der Waals surface area contributed by atoms with Crippen molar-refractivity contribution in [2.24, 2.45) is 0 Å². The van der Waals surface area contributed by atoms with Crippen molar-refractivity contribution in [3.8, 4) is 11.5 Å². The molecule has 2 heterocycles. The van der Waals surface area contributed by atoms with Crippen molar-refractivity contribution < 1.29 is 9.47 Å². The Balaban J connectivity index is 1.83. The van der Waals surface area contributed by atoms with E-state index in [1.165, 1.54) is 0 Å². The van der Waals surface area contributed by atoms with E-state index in [1.807, 2.05) is 24.3 Å². The first kappa shape index (κ1) is 18.7. The average Bonchev–Trinajstić information content (AvgIpc) is 3.03. The zero-order valence-electron chi connectivity index (χ0n) is 16.5. The molecule has 1 N–H and O–H groups in total. The van der Waals surface area contributed by atoms with Gasteiger partial charge >= 0.3 is 0 Å². The molecule has 146 valence electrons. The van der Waals surface area contributed by atoms with E-state index in [0.29, 0.717) is 0 Å². The van der Waals surface area contributed by atoms with Crippen LogP contribution >= 0.6 is 0 Å². The number of nitrogens with zero attached hydrogens (tertiary/aromatic N) is 2. The number of para-hydroxylation sites is 1. The maximum Gasteiger partial charge on any atom is 0.127 e. The van der Waals surface area contributed by atoms with Gasteiger partial charge in [0.1, 0.15) is 11.5 Å². The number of rotatable bonds is 5. The predicted molar refractivity (Wildman–Crippen MR) is 112 cm³/mol. The Morgan fingerprint density at radius 1 is 0.964 bits per heavy atom. The van der Waals surface area contributed by atoms with Crippen molar-refractivity contribution >= 4 is 10.9 Å². The Hall–Kier alpha value is -2.63. The van der Waals surface area contributed by atoms with Crippen molar-refractivity contribution in [2.45, 2.75) is 12.5 Å². The second-order valence-electron chi connectivity index (χ2n) is 7.08. The van der Waals surface area contributed by atoms with Crippen molar-refractivity contribution in [1.29, 1.82) is 0 Å². The monoisotopic (exact) mass is 377 g/mol. The molecule has 0 aliphatic carbocycles. The summed E-state index contributed by atoms with van der Waals surface area (Å²) in [7, 11) is 3.39. The summed E-state index contributed by atoms with van der Waals surface area (Å²) >= 11 is 0. The first-order chi connectivity index (χ1) is 13.8. The van der Waals surface area contributed by atoms with Gasteiger partial charge in [-0.1, -0.05) is 24.3 Å². The zero-order chi connectivity index (χ0) is 19.3. The van der Waals surface area contributed by atoms with Gasteiger partial charge in [-0.3, -0.25) is 9.88 Å². The molecule has 1 aromatic heterocycles. The number of aromatic nitrogens is 1. The van der Waals surface area contributed by atoms with Crippen LogP contribution in [0.25, 0.3) is 10.9 Å². The van der Waals surface area contributed by atoms with Gasteiger partial charge in [-0.05, 0) is 37.2 Å². The molecule has 0 spiro atoms. The van der Waals surface area contributed by atoms with Crippen molar-refractivity contribution in [3.63, 3.8) is 0 Å². The second-order valence-corrected chi connectivity index (χ2v) is 7.08. The van der Waals surface area contributed by atoms with Crippen molar-refractivity contribution in [1.82, 2.24) is 15.2 Å². The first-order valence-corrected chi connectivity index (χ1v) is 9.82. The summed E-state index contributed by atoms with van der Waals surface area (Å²) < 4.78 is 11.2. The van der Waals surface area contributed by atoms with Gasteiger partial charge in [0.05, 0.1) is 31.5 Å². The molecule has 1 saturated heterocycles. The molecular formula is C23H27N3O2. The first-order valence-electron chi connectivity index (χ1n) is 9.82. The van der Waals surface area contributed by atoms with Gasteiger partial charge in [0.25, 0.3) is 0 Å². The number of nitrogens with one attached hydrogen (secondary N) is 1. The van der Waals surface area contributed by atoms with E-state index in [0.717, 1.165) is 66.3 Å². The van der Waals surface area contributed by atoms with E-state index in [1.54, 1.807) is 14.2 Å². The molecule has 2 aromatic carbocycles. The highest BCUT2D eigenvalue weighted by Gasteiger charge is 2.27. The van der Waals surface area contributed by atoms with Gasteiger partial charge in [-0.15, -0.1) is 0 Å². The van der Waals surface area contributed by atoms with Gasteiger partial charge < -0.3 is 14.8 Å². The highest BCUT2D eigenvalue weighted by molar-refractivity contribution is 5.78. The molecule has 1 atom stereocenters. The predicted octanol–water partition coefficient (Wildman–Crippen LogP) is 3.64. The van der Waals surface area contributed by atoms with E-state index in [2.05, 4.69) is 40.5 Å². The lowest BCUT2D eigenvalue weighted by Crippen LogP contribution is -2.33. The van der Waals surface area contributed by atoms with Crippen molar-refractivity contribution in [2.75, 3.05) is 40.4 Å². The molecule has 28 heavy (non-hydrogen) atoms. The smallest absolute Gasteiger partial charge is 0.127 e. The molecule has 0 amide bonds. The van der Waals surface area contributed by atoms with Gasteiger partial charge in [-0.25, -0.2) is 0 Å². The van der Waals surface area contributed by atoms with Crippen LogP contribution in [-0.2, 0) is 0 Å². The Morgan fingerprint density at radius 3 is 2.71 bits per heavy atom. The minimum atomic E-state index is 0.0327. The molecule has 0 saturated carbocycles. The summed E-state index contributed by atoms with van der Waals surface area (Å²) in [5.41, 5.74) is 3.18. The highest BCUT2D eigenvalue weighted by Crippen LogP contribution is 2.37. The van der Waals surface area contributed by atoms with Gasteiger partial charge in [0, 0.05) is 36.7 Å². The van der Waals surface area contributed by atoms with Gasteiger partial charge in [0.15, 0.2) is 0 Å². The molecule has 0 bridgehead atoms. The Morgan fingerprint density at radius 2 is 1.86 bits per heavy atom. The summed E-state index contributed by atoms with van der Waals surface area (Å²) in [4.78, 5) is 7.53. The number of ether oxygens (including phenoxy) is 2. The number of benzene rings is 2. The minimum absolute atomic E-state index is 0.0327. The summed E-state index contributed by atoms with van der Waals surface area (Å²) in [6.07, 6.45) is 1.11. The van der Waals surface area contributed by atoms with Crippen LogP contribution in [0.5, 0.6) is 11.5 Å². The summed E-state index contributed by atoms with van der Waals surface area (Å²) in [6.45, 7) is 4.01. The average molecular weight is 377 g/mol. The maximum absolute atomic E-state index is 5.75. The minimum Gasteiger partial charge on any atom is -0.497 e. The normalized spacial score (nSPS) is 16.5. The van der Waals surface area contributed by atoms with Crippen LogP contribution in [0.4, 0.5) is 0 Å². The third-order valence-corrected chi connectivity index (χ3v) is 5.38. The van der Waals surface area contributed by atoms with E-state index in [9.17, 15) is 0 Å². The van der Waals surface area contributed by atoms with Crippen LogP contribution in [0.1, 0.15) is 23.7 Å². The van der Waals surface area contributed by atoms with E-state index >= 15 is 0 Å². The van der Waals surface area contributed by atoms with Crippen LogP contribution in [-0.4, -0.2) is 50.3 Å². The van der Waals surface area contributed by atoms with E-state index in [-0.39, 0.29) is 6.04 Å². The molecule has 3 aromatic rings. The standard InChI is InChI=1S/C23H27N3O2/c1-27-18-9-10-19(22(16-18)28-2)23(26-14-5-12-24-13-15-26)21-11-8-17-6-3-4-7-20(17)25-21/h3-4,6-11,16,23-24H,5,12-15H2,1-2H3. The summed E-state index contributed by atoms with van der Waals surface area (Å²) in [5, 5.41) is 4.65. The van der Waals surface area contributed by atoms with Crippen LogP contribution in [0.3, 0.4) is 0 Å². The molecule has 5 nitrogen and oxygen atoms in total. The fraction of sp³-hybridized carbons (Fsp3) is 0.348. The molecule has 0 radical (unpaired) electrons. The third-order valence-electron chi connectivity index (χ3n) is 5.38. The van der Waals surface area contributed by atoms with Crippen LogP contribution in [0.2, 0.25) is 0 Å². The second kappa shape index (κ2) is 8.59. The highest BCUT2D eigenvalue weighted by atomic mass is 16.5. The summed E-state index contributed by atoms with van der Waals surface area (Å²) in [6, 6.07) is 18.7. The Kier molecular flexibility index (Phi) is 5.74. The molecule has 1 fully saturated rings. The molecule has 4 rings (SSSR count). The lowest BCUT2D eigenvalue weighted by molar-refractivity contribution is 0.232. The fourth-order valence-corrected chi connectivity index (χ4v) is 3.95. The van der Waals surface area contributed by atoms with E-state index in [4.69, 9.17) is 14.5 Å².